The fraction of sp³-hybridized carbons (Fsp3) is 0.250. The molecule has 2 N–H and O–H groups in total. The van der Waals surface area contributed by atoms with Gasteiger partial charge in [-0.1, -0.05) is 43.3 Å². The lowest BCUT2D eigenvalue weighted by molar-refractivity contribution is -0.384. The molecule has 0 radical (unpaired) electrons. The number of imide groups is 1. The lowest BCUT2D eigenvalue weighted by Crippen LogP contribution is -2.44. The summed E-state index contributed by atoms with van der Waals surface area (Å²) < 4.78 is 0. The second-order valence-corrected chi connectivity index (χ2v) is 6.75. The van der Waals surface area contributed by atoms with Gasteiger partial charge in [0.1, 0.15) is 12.1 Å². The molecule has 0 aliphatic carbocycles. The van der Waals surface area contributed by atoms with Gasteiger partial charge < -0.3 is 10.6 Å². The minimum atomic E-state index is -1.22. The molecule has 1 atom stereocenters. The molecule has 0 unspecified atom stereocenters. The van der Waals surface area contributed by atoms with Crippen molar-refractivity contribution in [3.8, 4) is 0 Å². The molecule has 3 rings (SSSR count). The normalized spacial score (nSPS) is 18.5. The summed E-state index contributed by atoms with van der Waals surface area (Å²) >= 11 is 0. The van der Waals surface area contributed by atoms with Gasteiger partial charge >= 0.3 is 6.03 Å². The maximum Gasteiger partial charge on any atom is 0.325 e. The maximum atomic E-state index is 13.0. The smallest absolute Gasteiger partial charge is 0.324 e. The number of hydrogen-bond acceptors (Lipinski definition) is 5. The van der Waals surface area contributed by atoms with Gasteiger partial charge in [-0.05, 0) is 24.5 Å². The van der Waals surface area contributed by atoms with E-state index in [2.05, 4.69) is 10.6 Å². The van der Waals surface area contributed by atoms with E-state index in [1.54, 1.807) is 44.2 Å². The zero-order valence-electron chi connectivity index (χ0n) is 16.0. The van der Waals surface area contributed by atoms with E-state index >= 15 is 0 Å². The highest BCUT2D eigenvalue weighted by Crippen LogP contribution is 2.32. The molecule has 0 bridgehead atoms. The van der Waals surface area contributed by atoms with Gasteiger partial charge in [0.2, 0.25) is 5.91 Å². The highest BCUT2D eigenvalue weighted by atomic mass is 16.6. The van der Waals surface area contributed by atoms with Crippen LogP contribution in [0.1, 0.15) is 24.5 Å². The predicted octanol–water partition coefficient (Wildman–Crippen LogP) is 2.70. The number of non-ortho nitro benzene ring substituents is 1. The fourth-order valence-electron chi connectivity index (χ4n) is 3.32. The first kappa shape index (κ1) is 20.0. The quantitative estimate of drug-likeness (QED) is 0.442. The Kier molecular flexibility index (Phi) is 5.31. The minimum absolute atomic E-state index is 0.171. The first-order valence-electron chi connectivity index (χ1n) is 9.03. The molecule has 9 heteroatoms. The van der Waals surface area contributed by atoms with Crippen molar-refractivity contribution in [2.75, 3.05) is 11.9 Å². The Labute approximate surface area is 166 Å². The largest absolute Gasteiger partial charge is 0.325 e. The van der Waals surface area contributed by atoms with Crippen LogP contribution in [-0.4, -0.2) is 34.2 Å². The molecule has 1 aliphatic heterocycles. The van der Waals surface area contributed by atoms with E-state index in [1.807, 2.05) is 0 Å². The number of nitro benzene ring substituents is 1. The first-order chi connectivity index (χ1) is 13.8. The van der Waals surface area contributed by atoms with Crippen LogP contribution in [0.2, 0.25) is 0 Å². The Morgan fingerprint density at radius 3 is 2.52 bits per heavy atom. The molecule has 9 nitrogen and oxygen atoms in total. The Hall–Kier alpha value is -3.75. The van der Waals surface area contributed by atoms with Gasteiger partial charge in [-0.3, -0.25) is 24.6 Å². The summed E-state index contributed by atoms with van der Waals surface area (Å²) in [6.45, 7) is 2.97. The van der Waals surface area contributed by atoms with Crippen LogP contribution in [-0.2, 0) is 15.1 Å². The van der Waals surface area contributed by atoms with Gasteiger partial charge in [0.15, 0.2) is 0 Å². The van der Waals surface area contributed by atoms with Gasteiger partial charge in [0, 0.05) is 12.1 Å². The van der Waals surface area contributed by atoms with Crippen molar-refractivity contribution in [1.29, 1.82) is 0 Å². The Morgan fingerprint density at radius 2 is 1.90 bits per heavy atom. The molecule has 0 spiro atoms. The predicted molar refractivity (Wildman–Crippen MR) is 105 cm³/mol. The number of anilines is 1. The van der Waals surface area contributed by atoms with E-state index in [4.69, 9.17) is 0 Å². The fourth-order valence-corrected chi connectivity index (χ4v) is 3.32. The number of amides is 4. The van der Waals surface area contributed by atoms with Crippen molar-refractivity contribution in [1.82, 2.24) is 10.2 Å². The van der Waals surface area contributed by atoms with E-state index < -0.39 is 34.9 Å². The number of nitrogens with zero attached hydrogens (tertiary/aromatic N) is 2. The highest BCUT2D eigenvalue weighted by molar-refractivity contribution is 6.10. The monoisotopic (exact) mass is 396 g/mol. The summed E-state index contributed by atoms with van der Waals surface area (Å²) in [6.07, 6.45) is 0.323. The van der Waals surface area contributed by atoms with Crippen molar-refractivity contribution in [3.05, 3.63) is 69.8 Å². The van der Waals surface area contributed by atoms with Gasteiger partial charge in [-0.15, -0.1) is 0 Å². The van der Waals surface area contributed by atoms with Gasteiger partial charge in [-0.2, -0.15) is 0 Å². The average molecular weight is 396 g/mol. The van der Waals surface area contributed by atoms with Crippen LogP contribution in [0.15, 0.2) is 48.5 Å². The number of nitrogens with one attached hydrogen (secondary N) is 2. The van der Waals surface area contributed by atoms with E-state index in [-0.39, 0.29) is 11.4 Å². The van der Waals surface area contributed by atoms with E-state index in [9.17, 15) is 24.5 Å². The van der Waals surface area contributed by atoms with Crippen LogP contribution in [0.3, 0.4) is 0 Å². The van der Waals surface area contributed by atoms with Crippen LogP contribution in [0.25, 0.3) is 0 Å². The van der Waals surface area contributed by atoms with Gasteiger partial charge in [0.05, 0.1) is 10.6 Å². The maximum absolute atomic E-state index is 13.0. The summed E-state index contributed by atoms with van der Waals surface area (Å²) in [5, 5.41) is 16.2. The molecule has 150 valence electrons. The third-order valence-corrected chi connectivity index (χ3v) is 4.98. The number of carbonyl (C=O) groups is 3. The Bertz CT molecular complexity index is 992. The number of hydrogen-bond donors (Lipinski definition) is 2. The highest BCUT2D eigenvalue weighted by Gasteiger charge is 2.51. The molecule has 2 aromatic rings. The number of urea groups is 1. The molecular weight excluding hydrogens is 376 g/mol. The summed E-state index contributed by atoms with van der Waals surface area (Å²) in [7, 11) is 0. The van der Waals surface area contributed by atoms with Crippen molar-refractivity contribution in [2.24, 2.45) is 0 Å². The topological polar surface area (TPSA) is 122 Å². The number of benzene rings is 2. The van der Waals surface area contributed by atoms with Crippen LogP contribution in [0.4, 0.5) is 16.2 Å². The van der Waals surface area contributed by atoms with Crippen LogP contribution < -0.4 is 10.6 Å². The Balaban J connectivity index is 1.79. The van der Waals surface area contributed by atoms with Crippen LogP contribution in [0, 0.1) is 17.0 Å². The Morgan fingerprint density at radius 1 is 1.21 bits per heavy atom. The number of aryl methyl sites for hydroxylation is 1. The molecule has 0 aromatic heterocycles. The molecule has 1 aliphatic rings. The minimum Gasteiger partial charge on any atom is -0.324 e. The molecule has 29 heavy (non-hydrogen) atoms. The SMILES string of the molecule is CC[C@]1(c2ccccc2)NC(=O)N(CC(=O)Nc2cc([N+](=O)[O-])ccc2C)C1=O. The number of carbonyl (C=O) groups excluding carboxylic acids is 3. The zero-order chi connectivity index (χ0) is 21.2. The molecule has 1 fully saturated rings. The molecule has 2 aromatic carbocycles. The summed E-state index contributed by atoms with van der Waals surface area (Å²) in [6, 6.07) is 12.3. The van der Waals surface area contributed by atoms with E-state index in [0.717, 1.165) is 4.90 Å². The second kappa shape index (κ2) is 7.70. The van der Waals surface area contributed by atoms with Crippen molar-refractivity contribution in [3.63, 3.8) is 0 Å². The van der Waals surface area contributed by atoms with Crippen LogP contribution in [0.5, 0.6) is 0 Å². The van der Waals surface area contributed by atoms with E-state index in [1.165, 1.54) is 18.2 Å². The van der Waals surface area contributed by atoms with Crippen molar-refractivity contribution < 1.29 is 19.3 Å². The molecule has 1 saturated heterocycles. The third kappa shape index (κ3) is 3.66. The molecule has 0 saturated carbocycles. The lowest BCUT2D eigenvalue weighted by Gasteiger charge is -2.25. The summed E-state index contributed by atoms with van der Waals surface area (Å²) in [5.41, 5.74) is 0.114. The van der Waals surface area contributed by atoms with E-state index in [0.29, 0.717) is 17.5 Å². The number of rotatable bonds is 6. The average Bonchev–Trinajstić information content (AvgIpc) is 2.95. The second-order valence-electron chi connectivity index (χ2n) is 6.75. The molecule has 4 amide bonds. The van der Waals surface area contributed by atoms with Gasteiger partial charge in [0.25, 0.3) is 11.6 Å². The van der Waals surface area contributed by atoms with Crippen molar-refractivity contribution in [2.45, 2.75) is 25.8 Å². The standard InChI is InChI=1S/C20H20N4O5/c1-3-20(14-7-5-4-6-8-14)18(26)23(19(27)22-20)12-17(25)21-16-11-15(24(28)29)10-9-13(16)2/h4-11H,3,12H2,1-2H3,(H,21,25)(H,22,27)/t20-/m1/s1. The summed E-state index contributed by atoms with van der Waals surface area (Å²) in [5.74, 6) is -1.14. The first-order valence-corrected chi connectivity index (χ1v) is 9.03. The summed E-state index contributed by atoms with van der Waals surface area (Å²) in [4.78, 5) is 49.2. The molecule has 1 heterocycles. The zero-order valence-corrected chi connectivity index (χ0v) is 16.0. The van der Waals surface area contributed by atoms with Crippen LogP contribution >= 0.6 is 0 Å². The lowest BCUT2D eigenvalue weighted by atomic mass is 9.87. The third-order valence-electron chi connectivity index (χ3n) is 4.98. The number of nitro groups is 1. The van der Waals surface area contributed by atoms with Gasteiger partial charge in [-0.25, -0.2) is 4.79 Å². The molecular formula is C20H20N4O5. The van der Waals surface area contributed by atoms with Crippen molar-refractivity contribution >= 4 is 29.2 Å².